The van der Waals surface area contributed by atoms with E-state index >= 15 is 0 Å². The summed E-state index contributed by atoms with van der Waals surface area (Å²) >= 11 is 0. The zero-order valence-electron chi connectivity index (χ0n) is 12.0. The maximum absolute atomic E-state index is 9.50. The Morgan fingerprint density at radius 1 is 1.00 bits per heavy atom. The first-order valence-electron chi connectivity index (χ1n) is 6.60. The van der Waals surface area contributed by atoms with E-state index in [1.54, 1.807) is 12.1 Å². The Kier molecular flexibility index (Phi) is 3.79. The van der Waals surface area contributed by atoms with Crippen molar-refractivity contribution in [1.82, 2.24) is 0 Å². The third kappa shape index (κ3) is 3.08. The van der Waals surface area contributed by atoms with Gasteiger partial charge in [-0.1, -0.05) is 23.8 Å². The second kappa shape index (κ2) is 5.35. The highest BCUT2D eigenvalue weighted by Crippen LogP contribution is 2.27. The minimum absolute atomic E-state index is 0.211. The lowest BCUT2D eigenvalue weighted by molar-refractivity contribution is 0.475. The largest absolute Gasteiger partial charge is 0.508 e. The number of nitrogens with one attached hydrogen (secondary N) is 1. The van der Waals surface area contributed by atoms with Gasteiger partial charge in [0.15, 0.2) is 0 Å². The van der Waals surface area contributed by atoms with Crippen molar-refractivity contribution in [3.05, 3.63) is 58.7 Å². The van der Waals surface area contributed by atoms with Crippen LogP contribution >= 0.6 is 0 Å². The highest BCUT2D eigenvalue weighted by atomic mass is 16.3. The fourth-order valence-electron chi connectivity index (χ4n) is 2.79. The van der Waals surface area contributed by atoms with Gasteiger partial charge in [-0.25, -0.2) is 0 Å². The first kappa shape index (κ1) is 13.5. The van der Waals surface area contributed by atoms with Crippen LogP contribution in [-0.2, 0) is 0 Å². The first-order valence-corrected chi connectivity index (χ1v) is 6.60. The van der Waals surface area contributed by atoms with Crippen LogP contribution in [0.4, 0.5) is 5.69 Å². The number of phenolic OH excluding ortho intramolecular Hbond substituents is 1. The average molecular weight is 255 g/mol. The molecule has 2 aromatic carbocycles. The number of aromatic hydroxyl groups is 1. The van der Waals surface area contributed by atoms with Gasteiger partial charge in [0.25, 0.3) is 0 Å². The lowest BCUT2D eigenvalue weighted by Crippen LogP contribution is -2.10. The molecule has 1 unspecified atom stereocenters. The van der Waals surface area contributed by atoms with E-state index in [-0.39, 0.29) is 11.8 Å². The number of aryl methyl sites for hydroxylation is 3. The second-order valence-electron chi connectivity index (χ2n) is 5.23. The molecular weight excluding hydrogens is 234 g/mol. The minimum Gasteiger partial charge on any atom is -0.508 e. The molecule has 0 fully saturated rings. The van der Waals surface area contributed by atoms with Crippen molar-refractivity contribution in [2.75, 3.05) is 5.32 Å². The van der Waals surface area contributed by atoms with Gasteiger partial charge in [-0.15, -0.1) is 0 Å². The van der Waals surface area contributed by atoms with Crippen LogP contribution in [0.3, 0.4) is 0 Å². The van der Waals surface area contributed by atoms with Crippen LogP contribution in [0.2, 0.25) is 0 Å². The lowest BCUT2D eigenvalue weighted by Gasteiger charge is -2.21. The smallest absolute Gasteiger partial charge is 0.117 e. The maximum atomic E-state index is 9.50. The Bertz CT molecular complexity index is 567. The van der Waals surface area contributed by atoms with E-state index in [0.717, 1.165) is 5.69 Å². The fourth-order valence-corrected chi connectivity index (χ4v) is 2.79. The highest BCUT2D eigenvalue weighted by molar-refractivity contribution is 5.51. The van der Waals surface area contributed by atoms with E-state index in [0.29, 0.717) is 0 Å². The Balaban J connectivity index is 2.28. The van der Waals surface area contributed by atoms with E-state index in [4.69, 9.17) is 0 Å². The molecule has 2 rings (SSSR count). The molecule has 0 aromatic heterocycles. The summed E-state index contributed by atoms with van der Waals surface area (Å²) in [5.41, 5.74) is 6.17. The molecule has 100 valence electrons. The molecular formula is C17H21NO. The van der Waals surface area contributed by atoms with Crippen molar-refractivity contribution < 1.29 is 5.11 Å². The first-order chi connectivity index (χ1) is 8.97. The Morgan fingerprint density at radius 3 is 2.21 bits per heavy atom. The number of hydrogen-bond donors (Lipinski definition) is 2. The van der Waals surface area contributed by atoms with Gasteiger partial charge in [0.1, 0.15) is 5.75 Å². The molecule has 0 aliphatic rings. The summed E-state index contributed by atoms with van der Waals surface area (Å²) < 4.78 is 0. The van der Waals surface area contributed by atoms with Gasteiger partial charge in [-0.3, -0.25) is 0 Å². The number of rotatable bonds is 3. The summed E-state index contributed by atoms with van der Waals surface area (Å²) in [4.78, 5) is 0. The molecule has 0 aliphatic heterocycles. The number of benzene rings is 2. The van der Waals surface area contributed by atoms with Crippen molar-refractivity contribution >= 4 is 5.69 Å². The minimum atomic E-state index is 0.211. The van der Waals surface area contributed by atoms with E-state index in [9.17, 15) is 5.11 Å². The van der Waals surface area contributed by atoms with Crippen LogP contribution in [0, 0.1) is 20.8 Å². The molecule has 0 radical (unpaired) electrons. The molecule has 0 aliphatic carbocycles. The lowest BCUT2D eigenvalue weighted by atomic mass is 9.95. The zero-order chi connectivity index (χ0) is 14.0. The maximum Gasteiger partial charge on any atom is 0.117 e. The van der Waals surface area contributed by atoms with Crippen LogP contribution in [-0.4, -0.2) is 5.11 Å². The average Bonchev–Trinajstić information content (AvgIpc) is 2.27. The molecule has 0 spiro atoms. The summed E-state index contributed by atoms with van der Waals surface area (Å²) in [6.45, 7) is 8.57. The van der Waals surface area contributed by atoms with Crippen molar-refractivity contribution in [2.24, 2.45) is 0 Å². The molecule has 2 heteroatoms. The number of phenols is 1. The molecule has 0 saturated carbocycles. The van der Waals surface area contributed by atoms with Gasteiger partial charge in [0.2, 0.25) is 0 Å². The van der Waals surface area contributed by atoms with Gasteiger partial charge >= 0.3 is 0 Å². The van der Waals surface area contributed by atoms with Crippen molar-refractivity contribution in [1.29, 1.82) is 0 Å². The summed E-state index contributed by atoms with van der Waals surface area (Å²) in [6, 6.07) is 11.9. The summed E-state index contributed by atoms with van der Waals surface area (Å²) in [5.74, 6) is 0.287. The molecule has 2 nitrogen and oxygen atoms in total. The topological polar surface area (TPSA) is 32.3 Å². The molecule has 0 bridgehead atoms. The van der Waals surface area contributed by atoms with Gasteiger partial charge in [0.05, 0.1) is 0 Å². The predicted molar refractivity (Wildman–Crippen MR) is 80.8 cm³/mol. The fraction of sp³-hybridized carbons (Fsp3) is 0.294. The Morgan fingerprint density at radius 2 is 1.63 bits per heavy atom. The molecule has 0 amide bonds. The van der Waals surface area contributed by atoms with E-state index in [1.165, 1.54) is 22.3 Å². The van der Waals surface area contributed by atoms with Crippen molar-refractivity contribution in [3.63, 3.8) is 0 Å². The van der Waals surface area contributed by atoms with Crippen LogP contribution < -0.4 is 5.32 Å². The molecule has 0 saturated heterocycles. The van der Waals surface area contributed by atoms with Crippen LogP contribution in [0.15, 0.2) is 36.4 Å². The molecule has 2 aromatic rings. The molecule has 0 heterocycles. The van der Waals surface area contributed by atoms with Crippen LogP contribution in [0.5, 0.6) is 5.75 Å². The predicted octanol–water partition coefficient (Wildman–Crippen LogP) is 4.49. The van der Waals surface area contributed by atoms with Gasteiger partial charge in [0, 0.05) is 17.8 Å². The number of hydrogen-bond acceptors (Lipinski definition) is 2. The molecule has 2 N–H and O–H groups in total. The monoisotopic (exact) mass is 255 g/mol. The van der Waals surface area contributed by atoms with Crippen LogP contribution in [0.25, 0.3) is 0 Å². The Hall–Kier alpha value is -1.96. The van der Waals surface area contributed by atoms with Crippen molar-refractivity contribution in [3.8, 4) is 5.75 Å². The third-order valence-electron chi connectivity index (χ3n) is 3.40. The summed E-state index contributed by atoms with van der Waals surface area (Å²) in [5, 5.41) is 12.9. The zero-order valence-corrected chi connectivity index (χ0v) is 12.0. The molecule has 19 heavy (non-hydrogen) atoms. The van der Waals surface area contributed by atoms with E-state index in [2.05, 4.69) is 45.1 Å². The second-order valence-corrected chi connectivity index (χ2v) is 5.23. The van der Waals surface area contributed by atoms with Gasteiger partial charge in [-0.05, 0) is 56.5 Å². The standard InChI is InChI=1S/C17H21NO/c1-11-8-12(2)17(13(3)9-11)14(4)18-15-6-5-7-16(19)10-15/h5-10,14,18-19H,1-4H3. The quantitative estimate of drug-likeness (QED) is 0.847. The van der Waals surface area contributed by atoms with Gasteiger partial charge < -0.3 is 10.4 Å². The van der Waals surface area contributed by atoms with E-state index < -0.39 is 0 Å². The van der Waals surface area contributed by atoms with Gasteiger partial charge in [-0.2, -0.15) is 0 Å². The molecule has 1 atom stereocenters. The highest BCUT2D eigenvalue weighted by Gasteiger charge is 2.12. The Labute approximate surface area is 115 Å². The van der Waals surface area contributed by atoms with E-state index in [1.807, 2.05) is 12.1 Å². The normalized spacial score (nSPS) is 12.2. The van der Waals surface area contributed by atoms with Crippen LogP contribution in [0.1, 0.15) is 35.2 Å². The SMILES string of the molecule is Cc1cc(C)c(C(C)Nc2cccc(O)c2)c(C)c1. The third-order valence-corrected chi connectivity index (χ3v) is 3.40. The van der Waals surface area contributed by atoms with Crippen molar-refractivity contribution in [2.45, 2.75) is 33.7 Å². The summed E-state index contributed by atoms with van der Waals surface area (Å²) in [6.07, 6.45) is 0. The number of anilines is 1. The summed E-state index contributed by atoms with van der Waals surface area (Å²) in [7, 11) is 0.